The smallest absolute Gasteiger partial charge is 0.181 e. The molecule has 3 nitrogen and oxygen atoms in total. The molecule has 0 aromatic heterocycles. The summed E-state index contributed by atoms with van der Waals surface area (Å²) in [6.45, 7) is 0. The zero-order valence-corrected chi connectivity index (χ0v) is 6.31. The summed E-state index contributed by atoms with van der Waals surface area (Å²) < 4.78 is 0. The van der Waals surface area contributed by atoms with Crippen molar-refractivity contribution in [3.63, 3.8) is 0 Å². The van der Waals surface area contributed by atoms with Gasteiger partial charge in [0.05, 0.1) is 0 Å². The van der Waals surface area contributed by atoms with Crippen molar-refractivity contribution < 1.29 is 39.4 Å². The molecule has 0 saturated carbocycles. The Morgan fingerprint density at radius 1 is 1.00 bits per heavy atom. The van der Waals surface area contributed by atoms with Gasteiger partial charge in [-0.3, -0.25) is 0 Å². The molecule has 0 bridgehead atoms. The van der Waals surface area contributed by atoms with Gasteiger partial charge in [0.15, 0.2) is 12.1 Å². The Morgan fingerprint density at radius 2 is 1.14 bits per heavy atom. The molecule has 0 saturated heterocycles. The van der Waals surface area contributed by atoms with Crippen molar-refractivity contribution in [1.29, 1.82) is 10.5 Å². The second-order valence-electron chi connectivity index (χ2n) is 0.224. The molecule has 0 atom stereocenters. The summed E-state index contributed by atoms with van der Waals surface area (Å²) in [5, 5.41) is 14.5. The topological polar surface area (TPSA) is 82.6 Å². The molecule has 5 heteroatoms. The Bertz CT molecular complexity index is 67.9. The first kappa shape index (κ1) is 27.0. The second-order valence-corrected chi connectivity index (χ2v) is 0.224. The quantitative estimate of drug-likeness (QED) is 0.644. The van der Waals surface area contributed by atoms with E-state index in [2.05, 4.69) is 0 Å². The molecule has 0 aliphatic heterocycles. The number of nitrogens with zero attached hydrogens (tertiary/aromatic N) is 2. The van der Waals surface area contributed by atoms with Crippen molar-refractivity contribution in [3.05, 3.63) is 0 Å². The van der Waals surface area contributed by atoms with E-state index in [-0.39, 0.29) is 45.6 Å². The van der Waals surface area contributed by atoms with Crippen LogP contribution in [-0.2, 0) is 39.4 Å². The molecule has 0 aromatic rings. The molecule has 2 radical (unpaired) electrons. The molecule has 0 rings (SSSR count). The Balaban J connectivity index is -0.0000000150. The number of nitriles is 2. The number of hydrogen-bond acceptors (Lipinski definition) is 3. The Kier molecular flexibility index (Phi) is 134. The fourth-order valence-corrected chi connectivity index (χ4v) is 0. The average Bonchev–Trinajstić information content (AvgIpc) is 1.37. The summed E-state index contributed by atoms with van der Waals surface area (Å²) in [7, 11) is 0. The van der Waals surface area contributed by atoms with E-state index in [0.717, 1.165) is 0 Å². The molecule has 0 aromatic carbocycles. The van der Waals surface area contributed by atoms with Crippen LogP contribution in [-0.4, -0.2) is 0 Å². The molecule has 0 spiro atoms. The van der Waals surface area contributed by atoms with Crippen LogP contribution in [0.2, 0.25) is 0 Å². The summed E-state index contributed by atoms with van der Waals surface area (Å²) in [4.78, 5) is 0. The van der Waals surface area contributed by atoms with E-state index in [1.165, 1.54) is 12.1 Å². The first-order valence-corrected chi connectivity index (χ1v) is 0.697. The zero-order valence-electron chi connectivity index (χ0n) is 3.20. The maximum atomic E-state index is 7.26. The van der Waals surface area contributed by atoms with E-state index >= 15 is 0 Å². The second kappa shape index (κ2) is 34.6. The minimum Gasteiger partial charge on any atom is -0.344 e. The van der Waals surface area contributed by atoms with Crippen molar-refractivity contribution in [1.82, 2.24) is 6.15 Å². The molecule has 0 fully saturated rings. The van der Waals surface area contributed by atoms with Crippen LogP contribution < -0.4 is 6.15 Å². The van der Waals surface area contributed by atoms with Gasteiger partial charge < -0.3 is 6.15 Å². The van der Waals surface area contributed by atoms with Crippen molar-refractivity contribution in [3.8, 4) is 12.1 Å². The maximum Gasteiger partial charge on any atom is 0.181 e. The van der Waals surface area contributed by atoms with E-state index in [1.54, 1.807) is 0 Å². The molecule has 0 unspecified atom stereocenters. The van der Waals surface area contributed by atoms with Gasteiger partial charge in [-0.05, 0) is 0 Å². The number of rotatable bonds is 0. The Morgan fingerprint density at radius 3 is 1.14 bits per heavy atom. The van der Waals surface area contributed by atoms with Crippen LogP contribution in [0.1, 0.15) is 0 Å². The largest absolute Gasteiger partial charge is 0.344 e. The van der Waals surface area contributed by atoms with Crippen molar-refractivity contribution in [2.24, 2.45) is 0 Å². The third-order valence-corrected chi connectivity index (χ3v) is 0.0500. The molecular formula is C2H3AuCuN3. The molecule has 3 N–H and O–H groups in total. The van der Waals surface area contributed by atoms with Crippen LogP contribution in [0, 0.1) is 22.7 Å². The Hall–Kier alpha value is 0.200. The van der Waals surface area contributed by atoms with E-state index in [0.29, 0.717) is 0 Å². The summed E-state index contributed by atoms with van der Waals surface area (Å²) >= 11 is 0. The van der Waals surface area contributed by atoms with Crippen LogP contribution in [0.25, 0.3) is 0 Å². The molecule has 0 aliphatic carbocycles. The van der Waals surface area contributed by atoms with Crippen LogP contribution in [0.15, 0.2) is 0 Å². The fourth-order valence-electron chi connectivity index (χ4n) is 0. The minimum absolute atomic E-state index is 0. The standard InChI is InChI=1S/C2N2.Au.Cu.H3N/c3-1-2-4;;;/h;;;1H3. The van der Waals surface area contributed by atoms with Crippen LogP contribution in [0.5, 0.6) is 0 Å². The third-order valence-electron chi connectivity index (χ3n) is 0.0500. The minimum atomic E-state index is 0. The molecule has 48 valence electrons. The van der Waals surface area contributed by atoms with Crippen molar-refractivity contribution >= 4 is 0 Å². The first-order chi connectivity index (χ1) is 1.91. The van der Waals surface area contributed by atoms with Crippen LogP contribution in [0.4, 0.5) is 0 Å². The van der Waals surface area contributed by atoms with E-state index in [9.17, 15) is 0 Å². The fraction of sp³-hybridized carbons (Fsp3) is 0. The number of hydrogen-bond donors (Lipinski definition) is 1. The molecular weight excluding hydrogens is 327 g/mol. The summed E-state index contributed by atoms with van der Waals surface area (Å²) in [5.41, 5.74) is 0. The zero-order chi connectivity index (χ0) is 3.41. The Labute approximate surface area is 68.3 Å². The van der Waals surface area contributed by atoms with E-state index in [1.807, 2.05) is 0 Å². The first-order valence-electron chi connectivity index (χ1n) is 0.697. The van der Waals surface area contributed by atoms with Gasteiger partial charge in [-0.25, -0.2) is 0 Å². The molecule has 0 heterocycles. The molecule has 7 heavy (non-hydrogen) atoms. The van der Waals surface area contributed by atoms with Gasteiger partial charge in [0.1, 0.15) is 0 Å². The van der Waals surface area contributed by atoms with Gasteiger partial charge in [0.25, 0.3) is 0 Å². The molecule has 0 amide bonds. The predicted octanol–water partition coefficient (Wildman–Crippen LogP) is 0.191. The van der Waals surface area contributed by atoms with Gasteiger partial charge in [-0.1, -0.05) is 0 Å². The third kappa shape index (κ3) is 76.0. The van der Waals surface area contributed by atoms with Gasteiger partial charge in [-0.2, -0.15) is 10.5 Å². The monoisotopic (exact) mass is 329 g/mol. The SMILES string of the molecule is N.N#CC#N.[Au].[Cu]. The van der Waals surface area contributed by atoms with E-state index in [4.69, 9.17) is 10.5 Å². The van der Waals surface area contributed by atoms with Gasteiger partial charge in [-0.15, -0.1) is 0 Å². The molecule has 0 aliphatic rings. The summed E-state index contributed by atoms with van der Waals surface area (Å²) in [6, 6.07) is 2.47. The van der Waals surface area contributed by atoms with Gasteiger partial charge in [0.2, 0.25) is 0 Å². The van der Waals surface area contributed by atoms with Crippen LogP contribution >= 0.6 is 0 Å². The van der Waals surface area contributed by atoms with Crippen molar-refractivity contribution in [2.75, 3.05) is 0 Å². The van der Waals surface area contributed by atoms with Gasteiger partial charge in [0, 0.05) is 39.4 Å². The normalized spacial score (nSPS) is 1.43. The van der Waals surface area contributed by atoms with Crippen LogP contribution in [0.3, 0.4) is 0 Å². The van der Waals surface area contributed by atoms with E-state index < -0.39 is 0 Å². The summed E-state index contributed by atoms with van der Waals surface area (Å²) in [6.07, 6.45) is 0. The average molecular weight is 330 g/mol. The summed E-state index contributed by atoms with van der Waals surface area (Å²) in [5.74, 6) is 0. The van der Waals surface area contributed by atoms with Crippen molar-refractivity contribution in [2.45, 2.75) is 0 Å². The van der Waals surface area contributed by atoms with Gasteiger partial charge >= 0.3 is 0 Å². The maximum absolute atomic E-state index is 7.26. The predicted molar refractivity (Wildman–Crippen MR) is 16.2 cm³/mol.